The third kappa shape index (κ3) is 3.67. The number of carbonyl (C=O) groups is 1. The molecule has 0 aliphatic carbocycles. The van der Waals surface area contributed by atoms with Crippen LogP contribution < -0.4 is 5.32 Å². The largest absolute Gasteiger partial charge is 0.468 e. The molecule has 4 heteroatoms. The highest BCUT2D eigenvalue weighted by Gasteiger charge is 2.30. The average molecular weight is 245 g/mol. The number of methoxy groups -OCH3 is 1. The fourth-order valence-electron chi connectivity index (χ4n) is 2.01. The van der Waals surface area contributed by atoms with Crippen molar-refractivity contribution in [2.75, 3.05) is 12.9 Å². The Morgan fingerprint density at radius 1 is 1.62 bits per heavy atom. The summed E-state index contributed by atoms with van der Waals surface area (Å²) >= 11 is 1.97. The molecule has 0 bridgehead atoms. The van der Waals surface area contributed by atoms with Crippen LogP contribution in [0.15, 0.2) is 0 Å². The van der Waals surface area contributed by atoms with E-state index in [9.17, 15) is 4.79 Å². The molecule has 1 rings (SSSR count). The number of thioether (sulfide) groups is 1. The van der Waals surface area contributed by atoms with Crippen LogP contribution in [0.3, 0.4) is 0 Å². The molecular formula is C12H23NO2S. The Hall–Kier alpha value is -0.220. The molecule has 0 spiro atoms. The third-order valence-corrected chi connectivity index (χ3v) is 4.64. The van der Waals surface area contributed by atoms with Crippen molar-refractivity contribution < 1.29 is 9.53 Å². The van der Waals surface area contributed by atoms with Crippen molar-refractivity contribution in [3.05, 3.63) is 0 Å². The molecule has 0 aromatic rings. The molecule has 0 aromatic heterocycles. The van der Waals surface area contributed by atoms with E-state index >= 15 is 0 Å². The second kappa shape index (κ2) is 6.50. The van der Waals surface area contributed by atoms with E-state index in [-0.39, 0.29) is 12.0 Å². The first-order chi connectivity index (χ1) is 7.58. The SMILES string of the molecule is CCC(C)C(NC1CSC(C)C1)C(=O)OC. The number of hydrogen-bond acceptors (Lipinski definition) is 4. The first kappa shape index (κ1) is 13.8. The van der Waals surface area contributed by atoms with Gasteiger partial charge in [-0.2, -0.15) is 11.8 Å². The van der Waals surface area contributed by atoms with Gasteiger partial charge in [0.25, 0.3) is 0 Å². The Balaban J connectivity index is 2.53. The van der Waals surface area contributed by atoms with Crippen LogP contribution in [0.2, 0.25) is 0 Å². The van der Waals surface area contributed by atoms with Crippen LogP contribution >= 0.6 is 11.8 Å². The minimum atomic E-state index is -0.147. The van der Waals surface area contributed by atoms with E-state index in [1.807, 2.05) is 11.8 Å². The number of rotatable bonds is 5. The molecule has 1 heterocycles. The molecule has 1 saturated heterocycles. The van der Waals surface area contributed by atoms with Crippen molar-refractivity contribution in [2.24, 2.45) is 5.92 Å². The van der Waals surface area contributed by atoms with Gasteiger partial charge in [-0.25, -0.2) is 0 Å². The minimum absolute atomic E-state index is 0.126. The highest BCUT2D eigenvalue weighted by Crippen LogP contribution is 2.27. The summed E-state index contributed by atoms with van der Waals surface area (Å²) in [6.07, 6.45) is 2.14. The van der Waals surface area contributed by atoms with Crippen molar-refractivity contribution >= 4 is 17.7 Å². The summed E-state index contributed by atoms with van der Waals surface area (Å²) in [6.45, 7) is 6.44. The highest BCUT2D eigenvalue weighted by atomic mass is 32.2. The summed E-state index contributed by atoms with van der Waals surface area (Å²) in [5, 5.41) is 4.15. The Labute approximate surface area is 103 Å². The van der Waals surface area contributed by atoms with Gasteiger partial charge in [0.15, 0.2) is 0 Å². The predicted octanol–water partition coefficient (Wildman–Crippen LogP) is 2.06. The van der Waals surface area contributed by atoms with Gasteiger partial charge in [0.05, 0.1) is 7.11 Å². The lowest BCUT2D eigenvalue weighted by molar-refractivity contribution is -0.144. The van der Waals surface area contributed by atoms with E-state index in [1.165, 1.54) is 7.11 Å². The highest BCUT2D eigenvalue weighted by molar-refractivity contribution is 8.00. The summed E-state index contributed by atoms with van der Waals surface area (Å²) in [5.74, 6) is 1.30. The van der Waals surface area contributed by atoms with E-state index in [2.05, 4.69) is 26.1 Å². The Bertz CT molecular complexity index is 235. The maximum absolute atomic E-state index is 11.7. The first-order valence-electron chi connectivity index (χ1n) is 6.04. The Morgan fingerprint density at radius 3 is 2.75 bits per heavy atom. The number of nitrogens with one attached hydrogen (secondary N) is 1. The van der Waals surface area contributed by atoms with Gasteiger partial charge in [-0.1, -0.05) is 27.2 Å². The molecule has 94 valence electrons. The second-order valence-corrected chi connectivity index (χ2v) is 6.10. The summed E-state index contributed by atoms with van der Waals surface area (Å²) < 4.78 is 4.86. The molecule has 3 nitrogen and oxygen atoms in total. The zero-order valence-electron chi connectivity index (χ0n) is 10.7. The lowest BCUT2D eigenvalue weighted by atomic mass is 9.98. The molecule has 1 fully saturated rings. The summed E-state index contributed by atoms with van der Waals surface area (Å²) in [7, 11) is 1.46. The van der Waals surface area contributed by atoms with Crippen LogP contribution in [0.25, 0.3) is 0 Å². The molecule has 0 aromatic carbocycles. The topological polar surface area (TPSA) is 38.3 Å². The van der Waals surface area contributed by atoms with Crippen LogP contribution in [0.5, 0.6) is 0 Å². The van der Waals surface area contributed by atoms with Crippen molar-refractivity contribution in [3.63, 3.8) is 0 Å². The van der Waals surface area contributed by atoms with Gasteiger partial charge in [0.1, 0.15) is 6.04 Å². The first-order valence-corrected chi connectivity index (χ1v) is 7.08. The molecule has 1 aliphatic rings. The molecule has 0 amide bonds. The summed E-state index contributed by atoms with van der Waals surface area (Å²) in [4.78, 5) is 11.7. The van der Waals surface area contributed by atoms with Crippen LogP contribution in [-0.2, 0) is 9.53 Å². The predicted molar refractivity (Wildman–Crippen MR) is 68.7 cm³/mol. The van der Waals surface area contributed by atoms with Crippen LogP contribution in [-0.4, -0.2) is 36.2 Å². The molecule has 0 saturated carbocycles. The van der Waals surface area contributed by atoms with E-state index in [0.717, 1.165) is 18.6 Å². The maximum Gasteiger partial charge on any atom is 0.323 e. The molecule has 1 aliphatic heterocycles. The van der Waals surface area contributed by atoms with Crippen molar-refractivity contribution in [2.45, 2.75) is 50.9 Å². The van der Waals surface area contributed by atoms with Gasteiger partial charge in [0, 0.05) is 17.0 Å². The number of ether oxygens (including phenoxy) is 1. The van der Waals surface area contributed by atoms with Crippen molar-refractivity contribution in [3.8, 4) is 0 Å². The van der Waals surface area contributed by atoms with E-state index in [4.69, 9.17) is 4.74 Å². The average Bonchev–Trinajstić information content (AvgIpc) is 2.69. The number of hydrogen-bond donors (Lipinski definition) is 1. The third-order valence-electron chi connectivity index (χ3n) is 3.28. The van der Waals surface area contributed by atoms with Crippen LogP contribution in [0.1, 0.15) is 33.6 Å². The van der Waals surface area contributed by atoms with Crippen molar-refractivity contribution in [1.82, 2.24) is 5.32 Å². The lowest BCUT2D eigenvalue weighted by Gasteiger charge is -2.25. The molecular weight excluding hydrogens is 222 g/mol. The number of carbonyl (C=O) groups excluding carboxylic acids is 1. The van der Waals surface area contributed by atoms with Gasteiger partial charge in [-0.3, -0.25) is 4.79 Å². The fourth-order valence-corrected chi connectivity index (χ4v) is 3.18. The fraction of sp³-hybridized carbons (Fsp3) is 0.917. The maximum atomic E-state index is 11.7. The minimum Gasteiger partial charge on any atom is -0.468 e. The monoisotopic (exact) mass is 245 g/mol. The smallest absolute Gasteiger partial charge is 0.323 e. The zero-order valence-corrected chi connectivity index (χ0v) is 11.5. The normalized spacial score (nSPS) is 28.8. The second-order valence-electron chi connectivity index (χ2n) is 4.63. The zero-order chi connectivity index (χ0) is 12.1. The van der Waals surface area contributed by atoms with Crippen LogP contribution in [0, 0.1) is 5.92 Å². The van der Waals surface area contributed by atoms with Gasteiger partial charge in [-0.15, -0.1) is 0 Å². The van der Waals surface area contributed by atoms with Gasteiger partial charge < -0.3 is 10.1 Å². The molecule has 1 N–H and O–H groups in total. The van der Waals surface area contributed by atoms with E-state index in [1.54, 1.807) is 0 Å². The molecule has 16 heavy (non-hydrogen) atoms. The summed E-state index contributed by atoms with van der Waals surface area (Å²) in [5.41, 5.74) is 0. The van der Waals surface area contributed by atoms with E-state index < -0.39 is 0 Å². The molecule has 4 atom stereocenters. The quantitative estimate of drug-likeness (QED) is 0.752. The Kier molecular flexibility index (Phi) is 5.62. The standard InChI is InChI=1S/C12H23NO2S/c1-5-8(2)11(12(14)15-4)13-10-6-9(3)16-7-10/h8-11,13H,5-7H2,1-4H3. The molecule has 0 radical (unpaired) electrons. The van der Waals surface area contributed by atoms with Crippen LogP contribution in [0.4, 0.5) is 0 Å². The lowest BCUT2D eigenvalue weighted by Crippen LogP contribution is -2.47. The van der Waals surface area contributed by atoms with Crippen molar-refractivity contribution in [1.29, 1.82) is 0 Å². The van der Waals surface area contributed by atoms with E-state index in [0.29, 0.717) is 17.2 Å². The van der Waals surface area contributed by atoms with Gasteiger partial charge >= 0.3 is 5.97 Å². The summed E-state index contributed by atoms with van der Waals surface area (Å²) in [6, 6.07) is 0.309. The van der Waals surface area contributed by atoms with Gasteiger partial charge in [-0.05, 0) is 12.3 Å². The Morgan fingerprint density at radius 2 is 2.31 bits per heavy atom. The van der Waals surface area contributed by atoms with Gasteiger partial charge in [0.2, 0.25) is 0 Å². The molecule has 4 unspecified atom stereocenters. The number of esters is 1.